The van der Waals surface area contributed by atoms with Crippen molar-refractivity contribution in [1.29, 1.82) is 0 Å². The summed E-state index contributed by atoms with van der Waals surface area (Å²) in [6, 6.07) is 0. The number of hydrogen-bond acceptors (Lipinski definition) is 4. The van der Waals surface area contributed by atoms with Gasteiger partial charge in [-0.25, -0.2) is 4.68 Å². The lowest BCUT2D eigenvalue weighted by Gasteiger charge is -2.01. The van der Waals surface area contributed by atoms with Crippen LogP contribution in [0.3, 0.4) is 0 Å². The Morgan fingerprint density at radius 2 is 2.38 bits per heavy atom. The molecule has 1 amide bonds. The summed E-state index contributed by atoms with van der Waals surface area (Å²) < 4.78 is 1.49. The van der Waals surface area contributed by atoms with Crippen LogP contribution in [0.5, 0.6) is 0 Å². The van der Waals surface area contributed by atoms with E-state index >= 15 is 0 Å². The highest BCUT2D eigenvalue weighted by Gasteiger charge is 2.14. The Bertz CT molecular complexity index is 307. The molecule has 0 aromatic carbocycles. The Balaban J connectivity index is 3.03. The van der Waals surface area contributed by atoms with Gasteiger partial charge in [-0.2, -0.15) is 0 Å². The molecular weight excluding hydrogens is 172 g/mol. The van der Waals surface area contributed by atoms with Crippen LogP contribution in [0.2, 0.25) is 0 Å². The van der Waals surface area contributed by atoms with Gasteiger partial charge in [0.1, 0.15) is 0 Å². The highest BCUT2D eigenvalue weighted by molar-refractivity contribution is 5.91. The number of carbonyl (C=O) groups excluding carboxylic acids is 1. The number of nitrogens with two attached hydrogens (primary N) is 1. The zero-order valence-corrected chi connectivity index (χ0v) is 7.40. The molecule has 6 nitrogen and oxygen atoms in total. The predicted octanol–water partition coefficient (Wildman–Crippen LogP) is -1.07. The molecule has 0 atom stereocenters. The van der Waals surface area contributed by atoms with E-state index in [4.69, 9.17) is 10.8 Å². The van der Waals surface area contributed by atoms with E-state index in [0.717, 1.165) is 0 Å². The van der Waals surface area contributed by atoms with Gasteiger partial charge in [0, 0.05) is 0 Å². The summed E-state index contributed by atoms with van der Waals surface area (Å²) in [5.74, 6) is -0.582. The Morgan fingerprint density at radius 3 is 2.85 bits per heavy atom. The molecule has 0 aliphatic rings. The molecule has 0 saturated heterocycles. The van der Waals surface area contributed by atoms with Gasteiger partial charge in [0.25, 0.3) is 5.91 Å². The number of amides is 1. The average Bonchev–Trinajstić information content (AvgIpc) is 2.48. The minimum Gasteiger partial charge on any atom is -0.394 e. The molecule has 1 heterocycles. The predicted molar refractivity (Wildman–Crippen MR) is 45.0 cm³/mol. The van der Waals surface area contributed by atoms with Crippen LogP contribution in [0, 0.1) is 0 Å². The second-order valence-electron chi connectivity index (χ2n) is 2.55. The van der Waals surface area contributed by atoms with Crippen molar-refractivity contribution in [3.63, 3.8) is 0 Å². The SMILES string of the molecule is CCc1c(C(N)=O)nnn1CCO. The molecule has 0 unspecified atom stereocenters. The van der Waals surface area contributed by atoms with E-state index in [0.29, 0.717) is 18.7 Å². The molecule has 1 aromatic rings. The number of nitrogens with zero attached hydrogens (tertiary/aromatic N) is 3. The number of aliphatic hydroxyl groups is 1. The Morgan fingerprint density at radius 1 is 1.69 bits per heavy atom. The fourth-order valence-corrected chi connectivity index (χ4v) is 1.15. The third kappa shape index (κ3) is 1.83. The van der Waals surface area contributed by atoms with Crippen LogP contribution in [0.4, 0.5) is 0 Å². The first-order valence-electron chi connectivity index (χ1n) is 4.03. The second kappa shape index (κ2) is 3.99. The van der Waals surface area contributed by atoms with Crippen molar-refractivity contribution in [2.75, 3.05) is 6.61 Å². The molecular formula is C7H12N4O2. The summed E-state index contributed by atoms with van der Waals surface area (Å²) in [6.07, 6.45) is 0.616. The fourth-order valence-electron chi connectivity index (χ4n) is 1.15. The van der Waals surface area contributed by atoms with Gasteiger partial charge in [-0.1, -0.05) is 12.1 Å². The van der Waals surface area contributed by atoms with E-state index in [1.807, 2.05) is 6.92 Å². The lowest BCUT2D eigenvalue weighted by atomic mass is 10.2. The van der Waals surface area contributed by atoms with Gasteiger partial charge < -0.3 is 10.8 Å². The van der Waals surface area contributed by atoms with Crippen LogP contribution in [0.1, 0.15) is 23.1 Å². The lowest BCUT2D eigenvalue weighted by molar-refractivity contribution is 0.0994. The molecule has 0 saturated carbocycles. The zero-order chi connectivity index (χ0) is 9.84. The van der Waals surface area contributed by atoms with E-state index < -0.39 is 5.91 Å². The van der Waals surface area contributed by atoms with Crippen LogP contribution < -0.4 is 5.73 Å². The van der Waals surface area contributed by atoms with Gasteiger partial charge in [-0.15, -0.1) is 5.10 Å². The standard InChI is InChI=1S/C7H12N4O2/c1-2-5-6(7(8)13)9-10-11(5)3-4-12/h12H,2-4H2,1H3,(H2,8,13). The maximum absolute atomic E-state index is 10.8. The van der Waals surface area contributed by atoms with Crippen molar-refractivity contribution >= 4 is 5.91 Å². The van der Waals surface area contributed by atoms with Crippen molar-refractivity contribution in [2.45, 2.75) is 19.9 Å². The molecule has 1 rings (SSSR count). The number of aromatic nitrogens is 3. The summed E-state index contributed by atoms with van der Waals surface area (Å²) in [7, 11) is 0. The number of primary amides is 1. The van der Waals surface area contributed by atoms with Gasteiger partial charge in [-0.3, -0.25) is 4.79 Å². The van der Waals surface area contributed by atoms with Gasteiger partial charge >= 0.3 is 0 Å². The fraction of sp³-hybridized carbons (Fsp3) is 0.571. The van der Waals surface area contributed by atoms with Crippen molar-refractivity contribution in [3.8, 4) is 0 Å². The first-order chi connectivity index (χ1) is 6.20. The minimum absolute atomic E-state index is 0.0332. The number of aliphatic hydroxyl groups excluding tert-OH is 1. The molecule has 72 valence electrons. The summed E-state index contributed by atoms with van der Waals surface area (Å²) in [5.41, 5.74) is 5.94. The molecule has 0 aliphatic heterocycles. The molecule has 0 aliphatic carbocycles. The number of hydrogen-bond donors (Lipinski definition) is 2. The summed E-state index contributed by atoms with van der Waals surface area (Å²) in [5, 5.41) is 16.0. The average molecular weight is 184 g/mol. The highest BCUT2D eigenvalue weighted by atomic mass is 16.3. The summed E-state index contributed by atoms with van der Waals surface area (Å²) in [4.78, 5) is 10.8. The monoisotopic (exact) mass is 184 g/mol. The third-order valence-corrected chi connectivity index (χ3v) is 1.72. The van der Waals surface area contributed by atoms with Crippen LogP contribution in [-0.2, 0) is 13.0 Å². The van der Waals surface area contributed by atoms with E-state index in [1.165, 1.54) is 4.68 Å². The molecule has 0 spiro atoms. The van der Waals surface area contributed by atoms with Gasteiger partial charge in [0.05, 0.1) is 18.8 Å². The highest BCUT2D eigenvalue weighted by Crippen LogP contribution is 2.04. The zero-order valence-electron chi connectivity index (χ0n) is 7.40. The molecule has 13 heavy (non-hydrogen) atoms. The Kier molecular flexibility index (Phi) is 2.97. The number of rotatable bonds is 4. The maximum Gasteiger partial charge on any atom is 0.271 e. The van der Waals surface area contributed by atoms with Gasteiger partial charge in [0.2, 0.25) is 0 Å². The van der Waals surface area contributed by atoms with Crippen molar-refractivity contribution < 1.29 is 9.90 Å². The number of carbonyl (C=O) groups is 1. The normalized spacial score (nSPS) is 10.3. The lowest BCUT2D eigenvalue weighted by Crippen LogP contribution is -2.15. The van der Waals surface area contributed by atoms with E-state index in [2.05, 4.69) is 10.3 Å². The van der Waals surface area contributed by atoms with Crippen molar-refractivity contribution in [2.24, 2.45) is 5.73 Å². The van der Waals surface area contributed by atoms with E-state index in [-0.39, 0.29) is 12.3 Å². The third-order valence-electron chi connectivity index (χ3n) is 1.72. The largest absolute Gasteiger partial charge is 0.394 e. The summed E-state index contributed by atoms with van der Waals surface area (Å²) >= 11 is 0. The molecule has 1 aromatic heterocycles. The van der Waals surface area contributed by atoms with Crippen LogP contribution >= 0.6 is 0 Å². The Hall–Kier alpha value is -1.43. The first kappa shape index (κ1) is 9.66. The quantitative estimate of drug-likeness (QED) is 0.623. The second-order valence-corrected chi connectivity index (χ2v) is 2.55. The van der Waals surface area contributed by atoms with Gasteiger partial charge in [-0.05, 0) is 6.42 Å². The first-order valence-corrected chi connectivity index (χ1v) is 4.03. The van der Waals surface area contributed by atoms with E-state index in [9.17, 15) is 4.79 Å². The molecule has 3 N–H and O–H groups in total. The molecule has 6 heteroatoms. The van der Waals surface area contributed by atoms with Crippen LogP contribution in [-0.4, -0.2) is 32.6 Å². The topological polar surface area (TPSA) is 94.0 Å². The van der Waals surface area contributed by atoms with E-state index in [1.54, 1.807) is 0 Å². The molecule has 0 fully saturated rings. The molecule has 0 radical (unpaired) electrons. The smallest absolute Gasteiger partial charge is 0.271 e. The van der Waals surface area contributed by atoms with Crippen LogP contribution in [0.15, 0.2) is 0 Å². The summed E-state index contributed by atoms with van der Waals surface area (Å²) in [6.45, 7) is 2.18. The minimum atomic E-state index is -0.582. The Labute approximate surface area is 75.3 Å². The molecule has 0 bridgehead atoms. The van der Waals surface area contributed by atoms with Crippen molar-refractivity contribution in [3.05, 3.63) is 11.4 Å². The van der Waals surface area contributed by atoms with Crippen LogP contribution in [0.25, 0.3) is 0 Å². The maximum atomic E-state index is 10.8. The van der Waals surface area contributed by atoms with Crippen molar-refractivity contribution in [1.82, 2.24) is 15.0 Å². The van der Waals surface area contributed by atoms with Gasteiger partial charge in [0.15, 0.2) is 5.69 Å².